The fraction of sp³-hybridized carbons (Fsp3) is 0.261. The maximum Gasteiger partial charge on any atom is 0.162 e. The van der Waals surface area contributed by atoms with Gasteiger partial charge in [-0.1, -0.05) is 116 Å². The second kappa shape index (κ2) is 15.7. The SMILES string of the molecule is CCC(c1nn(Cn2ccnc2C(c2ccccc2)(c2ccccc2)c2ccccc2)c2cc(OC)c(OC)cc12)N1CCN(c2cccc(Cl)c2C)CC1. The summed E-state index contributed by atoms with van der Waals surface area (Å²) in [6.07, 6.45) is 4.89. The summed E-state index contributed by atoms with van der Waals surface area (Å²) in [5, 5.41) is 7.35. The summed E-state index contributed by atoms with van der Waals surface area (Å²) < 4.78 is 16.1. The van der Waals surface area contributed by atoms with Crippen molar-refractivity contribution in [1.29, 1.82) is 0 Å². The van der Waals surface area contributed by atoms with Gasteiger partial charge in [-0.15, -0.1) is 0 Å². The second-order valence-electron chi connectivity index (χ2n) is 14.2. The highest BCUT2D eigenvalue weighted by atomic mass is 35.5. The van der Waals surface area contributed by atoms with E-state index in [4.69, 9.17) is 31.2 Å². The van der Waals surface area contributed by atoms with E-state index < -0.39 is 5.41 Å². The van der Waals surface area contributed by atoms with Gasteiger partial charge in [0.25, 0.3) is 0 Å². The Labute approximate surface area is 328 Å². The summed E-state index contributed by atoms with van der Waals surface area (Å²) in [5.41, 5.74) is 7.05. The second-order valence-corrected chi connectivity index (χ2v) is 14.6. The Morgan fingerprint density at radius 1 is 0.745 bits per heavy atom. The molecule has 1 aliphatic rings. The van der Waals surface area contributed by atoms with Gasteiger partial charge in [-0.2, -0.15) is 5.10 Å². The van der Waals surface area contributed by atoms with Crippen molar-refractivity contribution in [2.75, 3.05) is 45.3 Å². The summed E-state index contributed by atoms with van der Waals surface area (Å²) in [6.45, 7) is 8.43. The van der Waals surface area contributed by atoms with Gasteiger partial charge < -0.3 is 18.9 Å². The van der Waals surface area contributed by atoms with Gasteiger partial charge in [0.15, 0.2) is 11.5 Å². The number of anilines is 1. The molecule has 0 radical (unpaired) electrons. The van der Waals surface area contributed by atoms with E-state index in [-0.39, 0.29) is 6.04 Å². The van der Waals surface area contributed by atoms with Crippen LogP contribution in [0.5, 0.6) is 11.5 Å². The van der Waals surface area contributed by atoms with Gasteiger partial charge in [-0.05, 0) is 53.8 Å². The van der Waals surface area contributed by atoms with Crippen molar-refractivity contribution < 1.29 is 9.47 Å². The normalized spacial score (nSPS) is 14.3. The molecule has 0 saturated carbocycles. The number of halogens is 1. The number of fused-ring (bicyclic) bond motifs is 1. The van der Waals surface area contributed by atoms with Crippen LogP contribution in [0.15, 0.2) is 134 Å². The van der Waals surface area contributed by atoms with E-state index in [9.17, 15) is 0 Å². The molecule has 8 nitrogen and oxygen atoms in total. The highest BCUT2D eigenvalue weighted by molar-refractivity contribution is 6.31. The number of benzene rings is 5. The van der Waals surface area contributed by atoms with Crippen molar-refractivity contribution >= 4 is 28.2 Å². The van der Waals surface area contributed by atoms with Crippen LogP contribution in [0, 0.1) is 6.92 Å². The van der Waals surface area contributed by atoms with Crippen LogP contribution in [0.2, 0.25) is 5.02 Å². The zero-order valence-electron chi connectivity index (χ0n) is 31.9. The Morgan fingerprint density at radius 3 is 1.89 bits per heavy atom. The number of hydrogen-bond donors (Lipinski definition) is 0. The number of methoxy groups -OCH3 is 2. The highest BCUT2D eigenvalue weighted by Crippen LogP contribution is 2.45. The Kier molecular flexibility index (Phi) is 10.4. The lowest BCUT2D eigenvalue weighted by atomic mass is 9.68. The molecule has 0 spiro atoms. The fourth-order valence-electron chi connectivity index (χ4n) is 8.57. The zero-order valence-corrected chi connectivity index (χ0v) is 32.7. The van der Waals surface area contributed by atoms with Crippen LogP contribution in [-0.4, -0.2) is 64.6 Å². The van der Waals surface area contributed by atoms with Crippen molar-refractivity contribution in [1.82, 2.24) is 24.2 Å². The molecule has 0 bridgehead atoms. The van der Waals surface area contributed by atoms with Gasteiger partial charge in [0.1, 0.15) is 17.9 Å². The lowest BCUT2D eigenvalue weighted by molar-refractivity contribution is 0.178. The van der Waals surface area contributed by atoms with Crippen molar-refractivity contribution in [3.63, 3.8) is 0 Å². The predicted molar refractivity (Wildman–Crippen MR) is 222 cm³/mol. The van der Waals surface area contributed by atoms with E-state index in [1.807, 2.05) is 18.3 Å². The monoisotopic (exact) mass is 750 g/mol. The number of imidazole rings is 1. The number of rotatable bonds is 12. The van der Waals surface area contributed by atoms with E-state index >= 15 is 0 Å². The van der Waals surface area contributed by atoms with Gasteiger partial charge in [0.2, 0.25) is 0 Å². The maximum atomic E-state index is 6.53. The third-order valence-corrected chi connectivity index (χ3v) is 11.7. The molecule has 55 heavy (non-hydrogen) atoms. The number of nitrogens with zero attached hydrogens (tertiary/aromatic N) is 6. The number of piperazine rings is 1. The fourth-order valence-corrected chi connectivity index (χ4v) is 8.74. The Balaban J connectivity index is 1.23. The molecule has 1 fully saturated rings. The molecule has 1 aliphatic heterocycles. The molecule has 1 saturated heterocycles. The van der Waals surface area contributed by atoms with Crippen LogP contribution in [0.25, 0.3) is 10.9 Å². The Morgan fingerprint density at radius 2 is 1.33 bits per heavy atom. The van der Waals surface area contributed by atoms with E-state index in [0.29, 0.717) is 18.2 Å². The molecule has 1 unspecified atom stereocenters. The highest BCUT2D eigenvalue weighted by Gasteiger charge is 2.42. The van der Waals surface area contributed by atoms with Crippen LogP contribution in [-0.2, 0) is 12.1 Å². The molecular formula is C46H47ClN6O2. The molecule has 280 valence electrons. The molecule has 0 N–H and O–H groups in total. The zero-order chi connectivity index (χ0) is 37.9. The van der Waals surface area contributed by atoms with Gasteiger partial charge in [0.05, 0.1) is 31.5 Å². The first-order valence-electron chi connectivity index (χ1n) is 19.0. The quantitative estimate of drug-likeness (QED) is 0.116. The average Bonchev–Trinajstić information content (AvgIpc) is 3.85. The Hall–Kier alpha value is -5.57. The van der Waals surface area contributed by atoms with Crippen molar-refractivity contribution in [2.45, 2.75) is 38.4 Å². The molecule has 0 aliphatic carbocycles. The lowest BCUT2D eigenvalue weighted by Gasteiger charge is -2.40. The van der Waals surface area contributed by atoms with E-state index in [0.717, 1.165) is 82.3 Å². The van der Waals surface area contributed by atoms with Gasteiger partial charge >= 0.3 is 0 Å². The first-order chi connectivity index (χ1) is 27.0. The summed E-state index contributed by atoms with van der Waals surface area (Å²) in [4.78, 5) is 10.2. The third kappa shape index (κ3) is 6.53. The van der Waals surface area contributed by atoms with Crippen LogP contribution in [0.1, 0.15) is 53.2 Å². The molecule has 7 aromatic rings. The minimum absolute atomic E-state index is 0.101. The summed E-state index contributed by atoms with van der Waals surface area (Å²) >= 11 is 6.53. The van der Waals surface area contributed by atoms with Crippen molar-refractivity contribution in [3.05, 3.63) is 173 Å². The lowest BCUT2D eigenvalue weighted by Crippen LogP contribution is -2.48. The standard InChI is InChI=1S/C46H47ClN6O2/c1-5-39(50-26-28-51(29-27-50)40-23-15-22-38(47)33(40)2)44-37-30-42(54-3)43(55-4)31-41(37)53(49-44)32-52-25-24-48-45(52)46(34-16-9-6-10-17-34,35-18-11-7-12-19-35)36-20-13-8-14-21-36/h6-25,30-31,39H,5,26-29,32H2,1-4H3. The summed E-state index contributed by atoms with van der Waals surface area (Å²) in [6, 6.07) is 42.5. The molecule has 9 heteroatoms. The molecule has 1 atom stereocenters. The first-order valence-corrected chi connectivity index (χ1v) is 19.4. The third-order valence-electron chi connectivity index (χ3n) is 11.3. The average molecular weight is 751 g/mol. The maximum absolute atomic E-state index is 6.53. The van der Waals surface area contributed by atoms with E-state index in [1.165, 1.54) is 5.69 Å². The molecule has 3 heterocycles. The van der Waals surface area contributed by atoms with Crippen molar-refractivity contribution in [2.24, 2.45) is 0 Å². The predicted octanol–water partition coefficient (Wildman–Crippen LogP) is 9.37. The van der Waals surface area contributed by atoms with Gasteiger partial charge in [-0.25, -0.2) is 9.67 Å². The topological polar surface area (TPSA) is 60.6 Å². The summed E-state index contributed by atoms with van der Waals surface area (Å²) in [7, 11) is 3.37. The smallest absolute Gasteiger partial charge is 0.162 e. The van der Waals surface area contributed by atoms with Crippen LogP contribution in [0.3, 0.4) is 0 Å². The molecule has 2 aromatic heterocycles. The molecule has 0 amide bonds. The van der Waals surface area contributed by atoms with Gasteiger partial charge in [-0.3, -0.25) is 4.90 Å². The minimum Gasteiger partial charge on any atom is -0.493 e. The molecule has 5 aromatic carbocycles. The van der Waals surface area contributed by atoms with Crippen LogP contribution >= 0.6 is 11.6 Å². The minimum atomic E-state index is -0.701. The molecule has 8 rings (SSSR count). The number of hydrogen-bond acceptors (Lipinski definition) is 6. The first kappa shape index (κ1) is 36.4. The van der Waals surface area contributed by atoms with E-state index in [1.54, 1.807) is 14.2 Å². The number of ether oxygens (including phenoxy) is 2. The van der Waals surface area contributed by atoms with Gasteiger partial charge in [0, 0.05) is 60.7 Å². The van der Waals surface area contributed by atoms with Crippen molar-refractivity contribution in [3.8, 4) is 11.5 Å². The summed E-state index contributed by atoms with van der Waals surface area (Å²) in [5.74, 6) is 2.26. The van der Waals surface area contributed by atoms with Crippen LogP contribution < -0.4 is 14.4 Å². The number of aromatic nitrogens is 4. The van der Waals surface area contributed by atoms with Crippen LogP contribution in [0.4, 0.5) is 5.69 Å². The van der Waals surface area contributed by atoms with E-state index in [2.05, 4.69) is 148 Å². The Bertz CT molecular complexity index is 2270. The molecular weight excluding hydrogens is 704 g/mol. The largest absolute Gasteiger partial charge is 0.493 e.